The van der Waals surface area contributed by atoms with E-state index in [2.05, 4.69) is 5.32 Å². The molecular weight excluding hydrogens is 315 g/mol. The molecule has 2 amide bonds. The minimum absolute atomic E-state index is 0.119. The van der Waals surface area contributed by atoms with Crippen LogP contribution in [0.1, 0.15) is 13.3 Å². The van der Waals surface area contributed by atoms with Crippen LogP contribution in [0.5, 0.6) is 0 Å². The molecule has 0 spiro atoms. The summed E-state index contributed by atoms with van der Waals surface area (Å²) in [6, 6.07) is 3.01. The smallest absolute Gasteiger partial charge is 0.231 e. The number of likely N-dealkylation sites (N-methyl/N-ethyl adjacent to an activating group) is 1. The third-order valence-corrected chi connectivity index (χ3v) is 3.35. The highest BCUT2D eigenvalue weighted by Crippen LogP contribution is 2.32. The van der Waals surface area contributed by atoms with Gasteiger partial charge in [-0.2, -0.15) is 0 Å². The van der Waals surface area contributed by atoms with Crippen LogP contribution in [0.2, 0.25) is 10.0 Å². The predicted octanol–water partition coefficient (Wildman–Crippen LogP) is 1.71. The Hall–Kier alpha value is -1.50. The molecule has 8 heteroatoms. The number of nitrogens with one attached hydrogen (secondary N) is 1. The SMILES string of the molecule is CCN(CCC(=O)Nc1c(N)cc(Cl)cc1Cl)CC(N)=O. The number of hydrogen-bond acceptors (Lipinski definition) is 4. The fourth-order valence-corrected chi connectivity index (χ4v) is 2.31. The molecule has 0 saturated heterocycles. The highest BCUT2D eigenvalue weighted by molar-refractivity contribution is 6.37. The predicted molar refractivity (Wildman–Crippen MR) is 85.4 cm³/mol. The Morgan fingerprint density at radius 3 is 2.52 bits per heavy atom. The van der Waals surface area contributed by atoms with Gasteiger partial charge < -0.3 is 16.8 Å². The summed E-state index contributed by atoms with van der Waals surface area (Å²) in [6.07, 6.45) is 0.194. The number of nitrogens with zero attached hydrogens (tertiary/aromatic N) is 1. The van der Waals surface area contributed by atoms with Gasteiger partial charge in [-0.1, -0.05) is 30.1 Å². The van der Waals surface area contributed by atoms with E-state index in [1.807, 2.05) is 6.92 Å². The molecule has 0 saturated carbocycles. The van der Waals surface area contributed by atoms with Crippen LogP contribution in [-0.4, -0.2) is 36.3 Å². The molecule has 1 aromatic rings. The van der Waals surface area contributed by atoms with Crippen molar-refractivity contribution in [2.45, 2.75) is 13.3 Å². The van der Waals surface area contributed by atoms with Crippen LogP contribution in [0.25, 0.3) is 0 Å². The quantitative estimate of drug-likeness (QED) is 0.661. The van der Waals surface area contributed by atoms with Gasteiger partial charge in [-0.3, -0.25) is 14.5 Å². The molecule has 21 heavy (non-hydrogen) atoms. The van der Waals surface area contributed by atoms with E-state index in [0.29, 0.717) is 29.5 Å². The average Bonchev–Trinajstić information content (AvgIpc) is 2.38. The molecule has 0 heterocycles. The van der Waals surface area contributed by atoms with Crippen LogP contribution >= 0.6 is 23.2 Å². The fourth-order valence-electron chi connectivity index (χ4n) is 1.76. The van der Waals surface area contributed by atoms with E-state index in [1.165, 1.54) is 12.1 Å². The van der Waals surface area contributed by atoms with Gasteiger partial charge in [-0.05, 0) is 18.7 Å². The minimum atomic E-state index is -0.428. The largest absolute Gasteiger partial charge is 0.397 e. The highest BCUT2D eigenvalue weighted by atomic mass is 35.5. The van der Waals surface area contributed by atoms with E-state index in [9.17, 15) is 9.59 Å². The van der Waals surface area contributed by atoms with Crippen molar-refractivity contribution in [2.24, 2.45) is 5.73 Å². The normalized spacial score (nSPS) is 10.7. The van der Waals surface area contributed by atoms with Crippen LogP contribution in [0, 0.1) is 0 Å². The van der Waals surface area contributed by atoms with Gasteiger partial charge in [0.2, 0.25) is 11.8 Å². The van der Waals surface area contributed by atoms with Gasteiger partial charge in [0, 0.05) is 18.0 Å². The summed E-state index contributed by atoms with van der Waals surface area (Å²) in [5, 5.41) is 3.31. The van der Waals surface area contributed by atoms with Gasteiger partial charge in [0.1, 0.15) is 0 Å². The lowest BCUT2D eigenvalue weighted by Crippen LogP contribution is -2.35. The van der Waals surface area contributed by atoms with Crippen LogP contribution in [0.15, 0.2) is 12.1 Å². The molecule has 1 aromatic carbocycles. The number of anilines is 2. The summed E-state index contributed by atoms with van der Waals surface area (Å²) in [5.74, 6) is -0.684. The van der Waals surface area contributed by atoms with Gasteiger partial charge in [-0.25, -0.2) is 0 Å². The molecule has 5 N–H and O–H groups in total. The molecule has 0 aliphatic carbocycles. The standard InChI is InChI=1S/C13H18Cl2N4O2/c1-2-19(7-11(17)20)4-3-12(21)18-13-9(15)5-8(14)6-10(13)16/h5-6H,2-4,7,16H2,1H3,(H2,17,20)(H,18,21). The summed E-state index contributed by atoms with van der Waals surface area (Å²) in [4.78, 5) is 24.5. The summed E-state index contributed by atoms with van der Waals surface area (Å²) in [5.41, 5.74) is 11.5. The van der Waals surface area contributed by atoms with E-state index >= 15 is 0 Å². The third-order valence-electron chi connectivity index (χ3n) is 2.83. The molecule has 6 nitrogen and oxygen atoms in total. The van der Waals surface area contributed by atoms with E-state index in [1.54, 1.807) is 4.90 Å². The monoisotopic (exact) mass is 332 g/mol. The van der Waals surface area contributed by atoms with Gasteiger partial charge in [0.05, 0.1) is 22.9 Å². The average molecular weight is 333 g/mol. The number of rotatable bonds is 7. The van der Waals surface area contributed by atoms with E-state index in [-0.39, 0.29) is 23.9 Å². The third kappa shape index (κ3) is 5.79. The number of primary amides is 1. The fraction of sp³-hybridized carbons (Fsp3) is 0.385. The van der Waals surface area contributed by atoms with E-state index in [4.69, 9.17) is 34.7 Å². The molecule has 0 aliphatic heterocycles. The number of nitrogen functional groups attached to an aromatic ring is 1. The molecule has 1 rings (SSSR count). The maximum absolute atomic E-state index is 11.9. The van der Waals surface area contributed by atoms with Crippen LogP contribution < -0.4 is 16.8 Å². The number of hydrogen-bond donors (Lipinski definition) is 3. The molecule has 0 aromatic heterocycles. The van der Waals surface area contributed by atoms with Crippen molar-refractivity contribution in [3.63, 3.8) is 0 Å². The number of carbonyl (C=O) groups excluding carboxylic acids is 2. The summed E-state index contributed by atoms with van der Waals surface area (Å²) >= 11 is 11.8. The molecule has 0 unspecified atom stereocenters. The molecule has 0 fully saturated rings. The zero-order valence-corrected chi connectivity index (χ0v) is 13.2. The Kier molecular flexibility index (Phi) is 6.74. The summed E-state index contributed by atoms with van der Waals surface area (Å²) in [6.45, 7) is 3.04. The lowest BCUT2D eigenvalue weighted by Gasteiger charge is -2.18. The van der Waals surface area contributed by atoms with Crippen LogP contribution in [-0.2, 0) is 9.59 Å². The van der Waals surface area contributed by atoms with Crippen molar-refractivity contribution in [1.82, 2.24) is 4.90 Å². The lowest BCUT2D eigenvalue weighted by molar-refractivity contribution is -0.120. The second kappa shape index (κ2) is 8.07. The lowest BCUT2D eigenvalue weighted by atomic mass is 10.2. The van der Waals surface area contributed by atoms with Crippen molar-refractivity contribution in [1.29, 1.82) is 0 Å². The Balaban J connectivity index is 2.60. The minimum Gasteiger partial charge on any atom is -0.397 e. The van der Waals surface area contributed by atoms with Crippen molar-refractivity contribution < 1.29 is 9.59 Å². The first kappa shape index (κ1) is 17.6. The zero-order valence-electron chi connectivity index (χ0n) is 11.7. The molecule has 116 valence electrons. The Labute approximate surface area is 133 Å². The zero-order chi connectivity index (χ0) is 16.0. The number of halogens is 2. The Morgan fingerprint density at radius 2 is 2.00 bits per heavy atom. The van der Waals surface area contributed by atoms with Crippen molar-refractivity contribution in [3.8, 4) is 0 Å². The molecule has 0 atom stereocenters. The summed E-state index contributed by atoms with van der Waals surface area (Å²) < 4.78 is 0. The van der Waals surface area contributed by atoms with Gasteiger partial charge in [-0.15, -0.1) is 0 Å². The highest BCUT2D eigenvalue weighted by Gasteiger charge is 2.13. The van der Waals surface area contributed by atoms with Crippen LogP contribution in [0.3, 0.4) is 0 Å². The van der Waals surface area contributed by atoms with Gasteiger partial charge >= 0.3 is 0 Å². The molecule has 0 aliphatic rings. The first-order chi connectivity index (χ1) is 9.83. The second-order valence-corrected chi connectivity index (χ2v) is 5.33. The van der Waals surface area contributed by atoms with Crippen molar-refractivity contribution in [2.75, 3.05) is 30.7 Å². The Morgan fingerprint density at radius 1 is 1.33 bits per heavy atom. The molecule has 0 bridgehead atoms. The number of nitrogens with two attached hydrogens (primary N) is 2. The van der Waals surface area contributed by atoms with E-state index < -0.39 is 5.91 Å². The van der Waals surface area contributed by atoms with Gasteiger partial charge in [0.25, 0.3) is 0 Å². The first-order valence-electron chi connectivity index (χ1n) is 6.38. The second-order valence-electron chi connectivity index (χ2n) is 4.49. The van der Waals surface area contributed by atoms with Crippen molar-refractivity contribution in [3.05, 3.63) is 22.2 Å². The molecule has 0 radical (unpaired) electrons. The number of amides is 2. The van der Waals surface area contributed by atoms with E-state index in [0.717, 1.165) is 0 Å². The molecular formula is C13H18Cl2N4O2. The first-order valence-corrected chi connectivity index (χ1v) is 7.14. The summed E-state index contributed by atoms with van der Waals surface area (Å²) in [7, 11) is 0. The number of carbonyl (C=O) groups is 2. The van der Waals surface area contributed by atoms with Crippen molar-refractivity contribution >= 4 is 46.4 Å². The maximum Gasteiger partial charge on any atom is 0.231 e. The van der Waals surface area contributed by atoms with Gasteiger partial charge in [0.15, 0.2) is 0 Å². The van der Waals surface area contributed by atoms with Crippen LogP contribution in [0.4, 0.5) is 11.4 Å². The Bertz CT molecular complexity index is 514. The number of benzene rings is 1. The topological polar surface area (TPSA) is 101 Å². The maximum atomic E-state index is 11.9.